The monoisotopic (exact) mass is 764 g/mol. The Balaban J connectivity index is 0.000000334. The minimum Gasteiger partial charge on any atom is -0.290 e. The molecule has 3 nitrogen and oxygen atoms in total. The highest BCUT2D eigenvalue weighted by atomic mass is 127. The fourth-order valence-electron chi connectivity index (χ4n) is 2.90. The Bertz CT molecular complexity index is 1700. The fraction of sp³-hybridized carbons (Fsp3) is 0.0789. The van der Waals surface area contributed by atoms with Gasteiger partial charge in [-0.05, 0) is 139 Å². The van der Waals surface area contributed by atoms with Gasteiger partial charge in [-0.2, -0.15) is 0 Å². The second kappa shape index (κ2) is 23.2. The number of hydrogen-bond acceptors (Lipinski definition) is 5. The average Bonchev–Trinajstić information content (AvgIpc) is 3.03. The van der Waals surface area contributed by atoms with Gasteiger partial charge in [0.15, 0.2) is 16.0 Å². The van der Waals surface area contributed by atoms with E-state index in [0.717, 1.165) is 20.9 Å². The van der Waals surface area contributed by atoms with E-state index >= 15 is 0 Å². The summed E-state index contributed by atoms with van der Waals surface area (Å²) in [4.78, 5) is 33.7. The zero-order chi connectivity index (χ0) is 34.3. The Hall–Kier alpha value is -4.22. The van der Waals surface area contributed by atoms with Gasteiger partial charge in [0.1, 0.15) is 11.6 Å². The highest BCUT2D eigenvalue weighted by Gasteiger charge is 1.98. The molecule has 4 rings (SSSR count). The first kappa shape index (κ1) is 39.8. The minimum absolute atomic E-state index is 0.0394. The molecule has 0 aromatic heterocycles. The molecular weight excluding hydrogens is 733 g/mol. The van der Waals surface area contributed by atoms with Gasteiger partial charge in [-0.3, -0.25) is 14.4 Å². The number of allylic oxidation sites excluding steroid dienone is 3. The van der Waals surface area contributed by atoms with Crippen LogP contribution in [0.5, 0.6) is 0 Å². The molecule has 46 heavy (non-hydrogen) atoms. The molecule has 4 aromatic rings. The molecule has 0 spiro atoms. The normalized spacial score (nSPS) is 9.33. The topological polar surface area (TPSA) is 51.2 Å². The highest BCUT2D eigenvalue weighted by Crippen LogP contribution is 2.20. The van der Waals surface area contributed by atoms with Crippen molar-refractivity contribution in [1.82, 2.24) is 0 Å². The number of benzene rings is 4. The van der Waals surface area contributed by atoms with Crippen molar-refractivity contribution < 1.29 is 23.2 Å². The summed E-state index contributed by atoms with van der Waals surface area (Å²) in [7, 11) is 0. The van der Waals surface area contributed by atoms with Crippen LogP contribution in [0.3, 0.4) is 0 Å². The van der Waals surface area contributed by atoms with E-state index in [1.165, 1.54) is 70.4 Å². The molecule has 0 atom stereocenters. The van der Waals surface area contributed by atoms with Crippen molar-refractivity contribution in [2.45, 2.75) is 30.6 Å². The van der Waals surface area contributed by atoms with Crippen molar-refractivity contribution in [3.05, 3.63) is 154 Å². The van der Waals surface area contributed by atoms with Crippen molar-refractivity contribution in [3.8, 4) is 24.2 Å². The maximum absolute atomic E-state index is 12.7. The Kier molecular flexibility index (Phi) is 20.0. The van der Waals surface area contributed by atoms with Gasteiger partial charge < -0.3 is 0 Å². The lowest BCUT2D eigenvalue weighted by molar-refractivity contribution is -0.110. The predicted octanol–water partition coefficient (Wildman–Crippen LogP) is 9.92. The Morgan fingerprint density at radius 2 is 1.07 bits per heavy atom. The van der Waals surface area contributed by atoms with Crippen LogP contribution in [0.2, 0.25) is 0 Å². The number of terminal acetylenes is 1. The van der Waals surface area contributed by atoms with E-state index in [9.17, 15) is 23.2 Å². The van der Waals surface area contributed by atoms with Gasteiger partial charge in [0.25, 0.3) is 0 Å². The first-order chi connectivity index (χ1) is 21.9. The van der Waals surface area contributed by atoms with E-state index in [4.69, 9.17) is 6.42 Å². The predicted molar refractivity (Wildman–Crippen MR) is 195 cm³/mol. The molecular formula is C38H31F2IO3S2. The molecule has 0 bridgehead atoms. The second-order valence-corrected chi connectivity index (χ2v) is 12.4. The number of carbonyl (C=O) groups is 3. The average molecular weight is 765 g/mol. The summed E-state index contributed by atoms with van der Waals surface area (Å²) in [6.07, 6.45) is 9.46. The molecule has 0 aliphatic carbocycles. The zero-order valence-corrected chi connectivity index (χ0v) is 29.2. The largest absolute Gasteiger partial charge is 0.290 e. The molecule has 0 saturated heterocycles. The molecule has 0 aliphatic rings. The molecule has 0 unspecified atom stereocenters. The maximum Gasteiger partial charge on any atom is 0.190 e. The van der Waals surface area contributed by atoms with Gasteiger partial charge in [0, 0.05) is 43.9 Å². The summed E-state index contributed by atoms with van der Waals surface area (Å²) in [6.45, 7) is 8.18. The first-order valence-corrected chi connectivity index (χ1v) is 16.2. The summed E-state index contributed by atoms with van der Waals surface area (Å²) < 4.78 is 26.1. The standard InChI is InChI=1S/C16H11FOS.C8H5F.C8H7IOS.C6H8O/c1-12(18)19-16-10-6-14(7-11-16)3-2-13-4-8-15(17)9-5-13;1-2-7-3-5-8(9)6-4-7;1-6(10)11-8-4-2-7(9)3-5-8;1-3-5-6(7)4-2/h4-11H,1H3;1,3-6H;2-5H,1H3;3-5H,2H2,1H3. The number of carbonyl (C=O) groups excluding carboxylic acids is 3. The van der Waals surface area contributed by atoms with E-state index < -0.39 is 0 Å². The SMILES string of the molecule is C#Cc1ccc(F)cc1.C=CC(=O)C=CC.CC(=O)Sc1ccc(C#Cc2ccc(F)cc2)cc1.CC(=O)Sc1ccc(I)cc1. The van der Waals surface area contributed by atoms with Crippen molar-refractivity contribution in [3.63, 3.8) is 0 Å². The molecule has 0 fully saturated rings. The Morgan fingerprint density at radius 1 is 0.696 bits per heavy atom. The van der Waals surface area contributed by atoms with E-state index in [2.05, 4.69) is 46.9 Å². The van der Waals surface area contributed by atoms with Crippen molar-refractivity contribution in [2.24, 2.45) is 0 Å². The van der Waals surface area contributed by atoms with Gasteiger partial charge in [-0.15, -0.1) is 6.42 Å². The summed E-state index contributed by atoms with van der Waals surface area (Å²) in [5, 5.41) is 0.191. The molecule has 4 aromatic carbocycles. The second-order valence-electron chi connectivity index (χ2n) is 8.68. The van der Waals surface area contributed by atoms with Crippen LogP contribution in [0.1, 0.15) is 37.5 Å². The third-order valence-electron chi connectivity index (χ3n) is 4.93. The summed E-state index contributed by atoms with van der Waals surface area (Å²) in [5.74, 6) is 7.78. The minimum atomic E-state index is -0.267. The van der Waals surface area contributed by atoms with Gasteiger partial charge in [-0.25, -0.2) is 8.78 Å². The van der Waals surface area contributed by atoms with Crippen LogP contribution in [0.25, 0.3) is 0 Å². The summed E-state index contributed by atoms with van der Waals surface area (Å²) in [5.41, 5.74) is 2.33. The lowest BCUT2D eigenvalue weighted by atomic mass is 10.2. The van der Waals surface area contributed by atoms with Gasteiger partial charge in [0.05, 0.1) is 0 Å². The van der Waals surface area contributed by atoms with Crippen LogP contribution >= 0.6 is 46.1 Å². The molecule has 0 saturated carbocycles. The van der Waals surface area contributed by atoms with Crippen molar-refractivity contribution >= 4 is 62.1 Å². The Labute approximate surface area is 292 Å². The third kappa shape index (κ3) is 19.2. The third-order valence-corrected chi connectivity index (χ3v) is 7.24. The van der Waals surface area contributed by atoms with Crippen LogP contribution < -0.4 is 0 Å². The maximum atomic E-state index is 12.7. The molecule has 0 heterocycles. The van der Waals surface area contributed by atoms with Crippen LogP contribution in [0.15, 0.2) is 132 Å². The number of ketones is 1. The molecule has 0 aliphatic heterocycles. The quantitative estimate of drug-likeness (QED) is 0.0897. The van der Waals surface area contributed by atoms with E-state index in [1.54, 1.807) is 44.2 Å². The summed E-state index contributed by atoms with van der Waals surface area (Å²) >= 11 is 4.70. The highest BCUT2D eigenvalue weighted by molar-refractivity contribution is 14.1. The number of halogens is 3. The zero-order valence-electron chi connectivity index (χ0n) is 25.4. The molecule has 8 heteroatoms. The lowest BCUT2D eigenvalue weighted by Crippen LogP contribution is -1.82. The van der Waals surface area contributed by atoms with Crippen LogP contribution in [-0.2, 0) is 14.4 Å². The molecule has 0 amide bonds. The molecule has 0 N–H and O–H groups in total. The summed E-state index contributed by atoms with van der Waals surface area (Å²) in [6, 6.07) is 27.2. The number of hydrogen-bond donors (Lipinski definition) is 0. The van der Waals surface area contributed by atoms with E-state index in [1.807, 2.05) is 48.5 Å². The van der Waals surface area contributed by atoms with Crippen LogP contribution in [-0.4, -0.2) is 16.0 Å². The van der Waals surface area contributed by atoms with Crippen LogP contribution in [0.4, 0.5) is 8.78 Å². The van der Waals surface area contributed by atoms with Gasteiger partial charge >= 0.3 is 0 Å². The molecule has 0 radical (unpaired) electrons. The lowest BCUT2D eigenvalue weighted by Gasteiger charge is -1.96. The van der Waals surface area contributed by atoms with Crippen LogP contribution in [0, 0.1) is 39.4 Å². The van der Waals surface area contributed by atoms with Gasteiger partial charge in [-0.1, -0.05) is 53.9 Å². The number of thioether (sulfide) groups is 2. The van der Waals surface area contributed by atoms with E-state index in [0.29, 0.717) is 5.56 Å². The smallest absolute Gasteiger partial charge is 0.190 e. The number of rotatable bonds is 4. The van der Waals surface area contributed by atoms with Gasteiger partial charge in [0.2, 0.25) is 0 Å². The first-order valence-electron chi connectivity index (χ1n) is 13.5. The van der Waals surface area contributed by atoms with Crippen molar-refractivity contribution in [2.75, 3.05) is 0 Å². The fourth-order valence-corrected chi connectivity index (χ4v) is 4.46. The van der Waals surface area contributed by atoms with E-state index in [-0.39, 0.29) is 27.6 Å². The van der Waals surface area contributed by atoms with Crippen molar-refractivity contribution in [1.29, 1.82) is 0 Å². The Morgan fingerprint density at radius 3 is 1.39 bits per heavy atom. The molecule has 234 valence electrons.